The quantitative estimate of drug-likeness (QED) is 0.499. The lowest BCUT2D eigenvalue weighted by molar-refractivity contribution is 0.0599. The molecule has 0 aliphatic rings. The summed E-state index contributed by atoms with van der Waals surface area (Å²) in [6.07, 6.45) is 0. The number of aromatic nitrogens is 3. The van der Waals surface area contributed by atoms with Crippen LogP contribution in [0.25, 0.3) is 5.69 Å². The summed E-state index contributed by atoms with van der Waals surface area (Å²) in [7, 11) is 1.28. The van der Waals surface area contributed by atoms with Crippen LogP contribution in [0.4, 0.5) is 4.39 Å². The van der Waals surface area contributed by atoms with E-state index in [0.29, 0.717) is 16.5 Å². The lowest BCUT2D eigenvalue weighted by atomic mass is 10.1. The first-order valence-corrected chi connectivity index (χ1v) is 8.97. The van der Waals surface area contributed by atoms with Gasteiger partial charge in [-0.1, -0.05) is 36.0 Å². The van der Waals surface area contributed by atoms with Crippen LogP contribution >= 0.6 is 11.8 Å². The van der Waals surface area contributed by atoms with Crippen LogP contribution in [-0.2, 0) is 10.5 Å². The number of thioether (sulfide) groups is 1. The van der Waals surface area contributed by atoms with Crippen molar-refractivity contribution in [2.45, 2.75) is 24.8 Å². The molecule has 0 aliphatic heterocycles. The molecule has 0 bridgehead atoms. The molecule has 0 unspecified atom stereocenters. The molecule has 0 amide bonds. The highest BCUT2D eigenvalue weighted by Gasteiger charge is 2.17. The van der Waals surface area contributed by atoms with Gasteiger partial charge in [-0.2, -0.15) is 0 Å². The van der Waals surface area contributed by atoms with E-state index in [1.165, 1.54) is 31.0 Å². The predicted molar refractivity (Wildman–Crippen MR) is 98.1 cm³/mol. The molecule has 26 heavy (non-hydrogen) atoms. The second-order valence-corrected chi connectivity index (χ2v) is 6.68. The van der Waals surface area contributed by atoms with Gasteiger partial charge in [0.1, 0.15) is 11.6 Å². The summed E-state index contributed by atoms with van der Waals surface area (Å²) in [5, 5.41) is 9.13. The molecule has 0 N–H and O–H groups in total. The van der Waals surface area contributed by atoms with E-state index in [0.717, 1.165) is 17.1 Å². The molecule has 0 radical (unpaired) electrons. The van der Waals surface area contributed by atoms with Crippen molar-refractivity contribution in [3.63, 3.8) is 0 Å². The van der Waals surface area contributed by atoms with Gasteiger partial charge in [-0.25, -0.2) is 9.18 Å². The second kappa shape index (κ2) is 7.70. The van der Waals surface area contributed by atoms with Crippen LogP contribution in [0.2, 0.25) is 0 Å². The molecule has 134 valence electrons. The molecule has 7 heteroatoms. The summed E-state index contributed by atoms with van der Waals surface area (Å²) in [5.41, 5.74) is 3.01. The maximum Gasteiger partial charge on any atom is 0.338 e. The lowest BCUT2D eigenvalue weighted by Gasteiger charge is -2.12. The fourth-order valence-electron chi connectivity index (χ4n) is 2.64. The number of hydrogen-bond donors (Lipinski definition) is 0. The van der Waals surface area contributed by atoms with E-state index in [9.17, 15) is 9.18 Å². The second-order valence-electron chi connectivity index (χ2n) is 5.73. The number of nitrogens with zero attached hydrogens (tertiary/aromatic N) is 3. The molecule has 5 nitrogen and oxygen atoms in total. The van der Waals surface area contributed by atoms with Crippen LogP contribution < -0.4 is 0 Å². The van der Waals surface area contributed by atoms with Crippen molar-refractivity contribution in [2.24, 2.45) is 0 Å². The molecule has 0 aliphatic carbocycles. The maximum absolute atomic E-state index is 13.5. The average Bonchev–Trinajstić information content (AvgIpc) is 3.01. The number of benzene rings is 2. The molecule has 0 saturated heterocycles. The molecule has 2 aromatic carbocycles. The molecule has 0 saturated carbocycles. The number of ether oxygens (including phenoxy) is 1. The third kappa shape index (κ3) is 3.62. The van der Waals surface area contributed by atoms with Crippen molar-refractivity contribution >= 4 is 17.7 Å². The Morgan fingerprint density at radius 3 is 2.69 bits per heavy atom. The zero-order valence-corrected chi connectivity index (χ0v) is 15.5. The van der Waals surface area contributed by atoms with E-state index in [-0.39, 0.29) is 5.56 Å². The Balaban J connectivity index is 1.91. The fraction of sp³-hybridized carbons (Fsp3) is 0.211. The smallest absolute Gasteiger partial charge is 0.338 e. The van der Waals surface area contributed by atoms with Crippen LogP contribution in [-0.4, -0.2) is 27.8 Å². The number of rotatable bonds is 5. The molecule has 1 heterocycles. The van der Waals surface area contributed by atoms with Gasteiger partial charge >= 0.3 is 5.97 Å². The monoisotopic (exact) mass is 371 g/mol. The molecule has 0 fully saturated rings. The van der Waals surface area contributed by atoms with E-state index in [2.05, 4.69) is 10.2 Å². The Kier molecular flexibility index (Phi) is 5.37. The van der Waals surface area contributed by atoms with Crippen LogP contribution in [0, 0.1) is 19.7 Å². The Hall–Kier alpha value is -2.67. The first-order chi connectivity index (χ1) is 12.5. The SMILES string of the molecule is COC(=O)c1cc(F)ccc1CSc1nnc(C)n1-c1ccccc1C. The van der Waals surface area contributed by atoms with Gasteiger partial charge < -0.3 is 4.74 Å². The zero-order chi connectivity index (χ0) is 18.7. The Morgan fingerprint density at radius 2 is 1.96 bits per heavy atom. The average molecular weight is 371 g/mol. The van der Waals surface area contributed by atoms with Crippen LogP contribution in [0.15, 0.2) is 47.6 Å². The van der Waals surface area contributed by atoms with Gasteiger partial charge in [0, 0.05) is 5.75 Å². The topological polar surface area (TPSA) is 57.0 Å². The highest BCUT2D eigenvalue weighted by molar-refractivity contribution is 7.98. The molecule has 3 rings (SSSR count). The number of aryl methyl sites for hydroxylation is 2. The zero-order valence-electron chi connectivity index (χ0n) is 14.7. The van der Waals surface area contributed by atoms with Crippen molar-refractivity contribution in [2.75, 3.05) is 7.11 Å². The third-order valence-corrected chi connectivity index (χ3v) is 4.96. The Labute approximate surface area is 155 Å². The summed E-state index contributed by atoms with van der Waals surface area (Å²) in [5.74, 6) is 0.179. The number of esters is 1. The predicted octanol–water partition coefficient (Wildman–Crippen LogP) is 4.10. The van der Waals surface area contributed by atoms with E-state index >= 15 is 0 Å². The van der Waals surface area contributed by atoms with Crippen LogP contribution in [0.5, 0.6) is 0 Å². The van der Waals surface area contributed by atoms with Crippen molar-refractivity contribution in [3.05, 3.63) is 70.8 Å². The molecule has 0 atom stereocenters. The van der Waals surface area contributed by atoms with Gasteiger partial charge in [-0.3, -0.25) is 4.57 Å². The number of carbonyl (C=O) groups excluding carboxylic acids is 1. The minimum Gasteiger partial charge on any atom is -0.465 e. The number of halogens is 1. The molecular weight excluding hydrogens is 353 g/mol. The highest BCUT2D eigenvalue weighted by atomic mass is 32.2. The van der Waals surface area contributed by atoms with Crippen LogP contribution in [0.1, 0.15) is 27.3 Å². The van der Waals surface area contributed by atoms with Crippen molar-refractivity contribution in [1.29, 1.82) is 0 Å². The first-order valence-electron chi connectivity index (χ1n) is 7.99. The minimum absolute atomic E-state index is 0.221. The number of para-hydroxylation sites is 1. The Morgan fingerprint density at radius 1 is 1.19 bits per heavy atom. The van der Waals surface area contributed by atoms with Gasteiger partial charge in [-0.15, -0.1) is 10.2 Å². The van der Waals surface area contributed by atoms with Crippen molar-refractivity contribution in [3.8, 4) is 5.69 Å². The van der Waals surface area contributed by atoms with Gasteiger partial charge in [-0.05, 0) is 43.2 Å². The molecule has 1 aromatic heterocycles. The normalized spacial score (nSPS) is 10.8. The maximum atomic E-state index is 13.5. The van der Waals surface area contributed by atoms with E-state index in [4.69, 9.17) is 4.74 Å². The minimum atomic E-state index is -0.559. The largest absolute Gasteiger partial charge is 0.465 e. The summed E-state index contributed by atoms with van der Waals surface area (Å²) in [6, 6.07) is 12.1. The van der Waals surface area contributed by atoms with Gasteiger partial charge in [0.15, 0.2) is 5.16 Å². The molecule has 0 spiro atoms. The standard InChI is InChI=1S/C19H18FN3O2S/c1-12-6-4-5-7-17(12)23-13(2)21-22-19(23)26-11-14-8-9-15(20)10-16(14)18(24)25-3/h4-10H,11H2,1-3H3. The summed E-state index contributed by atoms with van der Waals surface area (Å²) in [6.45, 7) is 3.92. The third-order valence-electron chi connectivity index (χ3n) is 3.99. The van der Waals surface area contributed by atoms with Gasteiger partial charge in [0.05, 0.1) is 18.4 Å². The van der Waals surface area contributed by atoms with Gasteiger partial charge in [0.25, 0.3) is 0 Å². The summed E-state index contributed by atoms with van der Waals surface area (Å²) in [4.78, 5) is 11.9. The summed E-state index contributed by atoms with van der Waals surface area (Å²) >= 11 is 1.43. The highest BCUT2D eigenvalue weighted by Crippen LogP contribution is 2.28. The van der Waals surface area contributed by atoms with Crippen LogP contribution in [0.3, 0.4) is 0 Å². The number of hydrogen-bond acceptors (Lipinski definition) is 5. The van der Waals surface area contributed by atoms with E-state index in [1.807, 2.05) is 42.7 Å². The fourth-order valence-corrected chi connectivity index (χ4v) is 3.64. The number of carbonyl (C=O) groups is 1. The molecule has 3 aromatic rings. The Bertz CT molecular complexity index is 956. The lowest BCUT2D eigenvalue weighted by Crippen LogP contribution is -2.06. The first kappa shape index (κ1) is 18.1. The van der Waals surface area contributed by atoms with Crippen molar-refractivity contribution < 1.29 is 13.9 Å². The number of methoxy groups -OCH3 is 1. The van der Waals surface area contributed by atoms with Crippen molar-refractivity contribution in [1.82, 2.24) is 14.8 Å². The molecular formula is C19H18FN3O2S. The van der Waals surface area contributed by atoms with E-state index < -0.39 is 11.8 Å². The van der Waals surface area contributed by atoms with E-state index in [1.54, 1.807) is 6.07 Å². The summed E-state index contributed by atoms with van der Waals surface area (Å²) < 4.78 is 20.2. The van der Waals surface area contributed by atoms with Gasteiger partial charge in [0.2, 0.25) is 0 Å².